The highest BCUT2D eigenvalue weighted by Gasteiger charge is 2.14. The zero-order valence-corrected chi connectivity index (χ0v) is 22.9. The fourth-order valence-electron chi connectivity index (χ4n) is 3.90. The number of hydrogen-bond acceptors (Lipinski definition) is 7. The van der Waals surface area contributed by atoms with Gasteiger partial charge < -0.3 is 19.5 Å². The second-order valence-electron chi connectivity index (χ2n) is 8.89. The average Bonchev–Trinajstić information content (AvgIpc) is 3.00. The maximum atomic E-state index is 12.9. The quantitative estimate of drug-likeness (QED) is 0.109. The molecule has 0 atom stereocenters. The molecule has 4 aromatic carbocycles. The molecule has 210 valence electrons. The molecule has 0 aliphatic carbocycles. The highest BCUT2D eigenvalue weighted by atomic mass is 16.5. The number of esters is 1. The van der Waals surface area contributed by atoms with Crippen molar-refractivity contribution < 1.29 is 28.6 Å². The van der Waals surface area contributed by atoms with Crippen LogP contribution in [-0.2, 0) is 4.79 Å². The molecule has 0 fully saturated rings. The Balaban J connectivity index is 1.40. The van der Waals surface area contributed by atoms with Gasteiger partial charge in [0.1, 0.15) is 17.2 Å². The summed E-state index contributed by atoms with van der Waals surface area (Å²) < 4.78 is 16.6. The number of rotatable bonds is 12. The normalized spacial score (nSPS) is 10.8. The summed E-state index contributed by atoms with van der Waals surface area (Å²) in [5.41, 5.74) is 3.68. The number of fused-ring (bicyclic) bond motifs is 1. The Bertz CT molecular complexity index is 1530. The van der Waals surface area contributed by atoms with Crippen LogP contribution in [0.4, 0.5) is 0 Å². The van der Waals surface area contributed by atoms with Gasteiger partial charge in [-0.15, -0.1) is 0 Å². The highest BCUT2D eigenvalue weighted by Crippen LogP contribution is 2.27. The van der Waals surface area contributed by atoms with E-state index in [1.54, 1.807) is 54.6 Å². The van der Waals surface area contributed by atoms with Crippen molar-refractivity contribution in [1.82, 2.24) is 10.7 Å². The fourth-order valence-corrected chi connectivity index (χ4v) is 3.90. The van der Waals surface area contributed by atoms with E-state index in [9.17, 15) is 14.4 Å². The molecule has 9 heteroatoms. The summed E-state index contributed by atoms with van der Waals surface area (Å²) in [6.45, 7) is 4.73. The average molecular weight is 554 g/mol. The Morgan fingerprint density at radius 1 is 0.805 bits per heavy atom. The van der Waals surface area contributed by atoms with Gasteiger partial charge in [0.25, 0.3) is 11.8 Å². The smallest absolute Gasteiger partial charge is 0.343 e. The van der Waals surface area contributed by atoms with Gasteiger partial charge in [-0.2, -0.15) is 5.10 Å². The third-order valence-electron chi connectivity index (χ3n) is 5.92. The van der Waals surface area contributed by atoms with Crippen LogP contribution in [0.5, 0.6) is 17.2 Å². The molecule has 9 nitrogen and oxygen atoms in total. The highest BCUT2D eigenvalue weighted by molar-refractivity contribution is 6.04. The maximum Gasteiger partial charge on any atom is 0.343 e. The number of ether oxygens (including phenoxy) is 3. The molecule has 0 saturated heterocycles. The molecule has 0 bridgehead atoms. The van der Waals surface area contributed by atoms with Gasteiger partial charge in [-0.1, -0.05) is 37.3 Å². The van der Waals surface area contributed by atoms with Crippen LogP contribution < -0.4 is 25.0 Å². The lowest BCUT2D eigenvalue weighted by Crippen LogP contribution is -2.34. The lowest BCUT2D eigenvalue weighted by Gasteiger charge is -2.11. The van der Waals surface area contributed by atoms with Crippen molar-refractivity contribution in [2.45, 2.75) is 20.3 Å². The van der Waals surface area contributed by atoms with Gasteiger partial charge in [0.05, 0.1) is 31.5 Å². The molecule has 4 aromatic rings. The Hall–Kier alpha value is -5.18. The lowest BCUT2D eigenvalue weighted by molar-refractivity contribution is -0.120. The minimum Gasteiger partial charge on any atom is -0.494 e. The van der Waals surface area contributed by atoms with E-state index in [0.717, 1.165) is 17.2 Å². The van der Waals surface area contributed by atoms with Crippen LogP contribution in [0.15, 0.2) is 90.0 Å². The Morgan fingerprint density at radius 3 is 2.20 bits per heavy atom. The molecule has 0 heterocycles. The van der Waals surface area contributed by atoms with Crippen LogP contribution >= 0.6 is 0 Å². The standard InChI is InChI=1S/C32H31N3O6/c1-3-19-40-26-14-9-23(10-15-26)31(37)33-21-30(36)35-34-20-28-27-8-6-5-7-22(27)13-18-29(28)41-32(38)24-11-16-25(17-12-24)39-4-2/h5-18,20H,3-4,19,21H2,1-2H3,(H,33,37)(H,35,36)/b34-20+. The zero-order valence-electron chi connectivity index (χ0n) is 22.9. The maximum absolute atomic E-state index is 12.9. The molecule has 0 saturated carbocycles. The third-order valence-corrected chi connectivity index (χ3v) is 5.92. The van der Waals surface area contributed by atoms with Crippen LogP contribution in [0.1, 0.15) is 46.5 Å². The van der Waals surface area contributed by atoms with E-state index < -0.39 is 17.8 Å². The number of amides is 2. The molecule has 0 spiro atoms. The molecule has 4 rings (SSSR count). The van der Waals surface area contributed by atoms with Crippen molar-refractivity contribution in [2.75, 3.05) is 19.8 Å². The summed E-state index contributed by atoms with van der Waals surface area (Å²) in [4.78, 5) is 37.6. The second kappa shape index (κ2) is 14.3. The van der Waals surface area contributed by atoms with Crippen LogP contribution in [0.3, 0.4) is 0 Å². The number of nitrogens with zero attached hydrogens (tertiary/aromatic N) is 1. The monoisotopic (exact) mass is 553 g/mol. The van der Waals surface area contributed by atoms with Crippen molar-refractivity contribution in [3.8, 4) is 17.2 Å². The van der Waals surface area contributed by atoms with E-state index in [1.165, 1.54) is 6.21 Å². The molecule has 2 N–H and O–H groups in total. The van der Waals surface area contributed by atoms with Gasteiger partial charge >= 0.3 is 5.97 Å². The first-order chi connectivity index (χ1) is 20.0. The van der Waals surface area contributed by atoms with E-state index in [4.69, 9.17) is 14.2 Å². The van der Waals surface area contributed by atoms with E-state index >= 15 is 0 Å². The third kappa shape index (κ3) is 7.92. The minimum absolute atomic E-state index is 0.278. The van der Waals surface area contributed by atoms with E-state index in [-0.39, 0.29) is 12.3 Å². The number of carbonyl (C=O) groups excluding carboxylic acids is 3. The van der Waals surface area contributed by atoms with E-state index in [1.807, 2.05) is 44.2 Å². The number of benzene rings is 4. The number of hydrogen-bond donors (Lipinski definition) is 2. The van der Waals surface area contributed by atoms with Gasteiger partial charge in [0.15, 0.2) is 0 Å². The lowest BCUT2D eigenvalue weighted by atomic mass is 10.0. The Morgan fingerprint density at radius 2 is 1.49 bits per heavy atom. The number of nitrogens with one attached hydrogen (secondary N) is 2. The molecule has 2 amide bonds. The van der Waals surface area contributed by atoms with Crippen LogP contribution in [0.2, 0.25) is 0 Å². The predicted molar refractivity (Wildman–Crippen MR) is 157 cm³/mol. The van der Waals surface area contributed by atoms with Gasteiger partial charge in [0.2, 0.25) is 0 Å². The largest absolute Gasteiger partial charge is 0.494 e. The molecule has 0 aliphatic rings. The Labute approximate surface area is 238 Å². The van der Waals surface area contributed by atoms with Crippen molar-refractivity contribution in [3.63, 3.8) is 0 Å². The molecular weight excluding hydrogens is 522 g/mol. The van der Waals surface area contributed by atoms with Crippen molar-refractivity contribution in [2.24, 2.45) is 5.10 Å². The Kier molecular flexibility index (Phi) is 10.0. The summed E-state index contributed by atoms with van der Waals surface area (Å²) in [6, 6.07) is 24.4. The molecular formula is C32H31N3O6. The minimum atomic E-state index is -0.547. The molecule has 41 heavy (non-hydrogen) atoms. The number of hydrazone groups is 1. The van der Waals surface area contributed by atoms with Crippen molar-refractivity contribution in [1.29, 1.82) is 0 Å². The van der Waals surface area contributed by atoms with Crippen molar-refractivity contribution >= 4 is 34.8 Å². The summed E-state index contributed by atoms with van der Waals surface area (Å²) in [7, 11) is 0. The first kappa shape index (κ1) is 28.8. The summed E-state index contributed by atoms with van der Waals surface area (Å²) >= 11 is 0. The summed E-state index contributed by atoms with van der Waals surface area (Å²) in [5.74, 6) is 0.141. The van der Waals surface area contributed by atoms with Crippen molar-refractivity contribution in [3.05, 3.63) is 102 Å². The SMILES string of the molecule is CCCOc1ccc(C(=O)NCC(=O)N/N=C/c2c(OC(=O)c3ccc(OCC)cc3)ccc3ccccc23)cc1. The van der Waals surface area contributed by atoms with Crippen LogP contribution in [0.25, 0.3) is 10.8 Å². The van der Waals surface area contributed by atoms with Gasteiger partial charge in [0, 0.05) is 11.1 Å². The zero-order chi connectivity index (χ0) is 29.0. The van der Waals surface area contributed by atoms with E-state index in [2.05, 4.69) is 15.8 Å². The van der Waals surface area contributed by atoms with Gasteiger partial charge in [-0.3, -0.25) is 9.59 Å². The first-order valence-electron chi connectivity index (χ1n) is 13.3. The van der Waals surface area contributed by atoms with Crippen LogP contribution in [-0.4, -0.2) is 43.8 Å². The van der Waals surface area contributed by atoms with Gasteiger partial charge in [-0.05, 0) is 78.7 Å². The first-order valence-corrected chi connectivity index (χ1v) is 13.3. The molecule has 0 radical (unpaired) electrons. The molecule has 0 aliphatic heterocycles. The summed E-state index contributed by atoms with van der Waals surface area (Å²) in [5, 5.41) is 8.30. The predicted octanol–water partition coefficient (Wildman–Crippen LogP) is 5.13. The fraction of sp³-hybridized carbons (Fsp3) is 0.188. The second-order valence-corrected chi connectivity index (χ2v) is 8.89. The number of carbonyl (C=O) groups is 3. The van der Waals surface area contributed by atoms with Gasteiger partial charge in [-0.25, -0.2) is 10.2 Å². The van der Waals surface area contributed by atoms with Crippen LogP contribution in [0, 0.1) is 0 Å². The topological polar surface area (TPSA) is 115 Å². The molecule has 0 aromatic heterocycles. The molecule has 0 unspecified atom stereocenters. The van der Waals surface area contributed by atoms with E-state index in [0.29, 0.717) is 41.4 Å². The summed E-state index contributed by atoms with van der Waals surface area (Å²) in [6.07, 6.45) is 2.30.